The Morgan fingerprint density at radius 3 is 2.21 bits per heavy atom. The second kappa shape index (κ2) is 9.16. The van der Waals surface area contributed by atoms with Crippen molar-refractivity contribution >= 4 is 5.97 Å². The average Bonchev–Trinajstić information content (AvgIpc) is 3.65. The Balaban J connectivity index is 1.05. The number of nitrogens with zero attached hydrogens (tertiary/aromatic N) is 2. The molecule has 6 nitrogen and oxygen atoms in total. The van der Waals surface area contributed by atoms with Crippen LogP contribution in [0.25, 0.3) is 0 Å². The summed E-state index contributed by atoms with van der Waals surface area (Å²) in [6.07, 6.45) is 5.73. The Hall–Kier alpha value is -2.25. The summed E-state index contributed by atoms with van der Waals surface area (Å²) in [5.41, 5.74) is 0.904. The Labute approximate surface area is 225 Å². The number of hydrogen-bond donors (Lipinski definition) is 1. The largest absolute Gasteiger partial charge is 0.462 e. The number of fused-ring (bicyclic) bond motifs is 3. The van der Waals surface area contributed by atoms with Crippen LogP contribution in [0, 0.1) is 23.2 Å². The number of carbonyl (C=O) groups is 1. The lowest BCUT2D eigenvalue weighted by Crippen LogP contribution is -2.57. The number of ether oxygens (including phenoxy) is 2. The van der Waals surface area contributed by atoms with E-state index in [1.807, 2.05) is 60.7 Å². The molecule has 2 aromatic carbocycles. The molecule has 38 heavy (non-hydrogen) atoms. The molecule has 0 radical (unpaired) electrons. The van der Waals surface area contributed by atoms with Gasteiger partial charge in [0.2, 0.25) is 0 Å². The van der Waals surface area contributed by atoms with Crippen LogP contribution >= 0.6 is 0 Å². The maximum Gasteiger partial charge on any atom is 0.310 e. The second-order valence-electron chi connectivity index (χ2n) is 12.8. The summed E-state index contributed by atoms with van der Waals surface area (Å²) in [6.45, 7) is 7.16. The molecule has 2 aliphatic carbocycles. The molecule has 202 valence electrons. The molecule has 7 rings (SSSR count). The van der Waals surface area contributed by atoms with E-state index in [9.17, 15) is 9.90 Å². The molecule has 0 bridgehead atoms. The summed E-state index contributed by atoms with van der Waals surface area (Å²) in [5, 5.41) is 12.2. The number of benzene rings is 2. The fourth-order valence-electron chi connectivity index (χ4n) is 8.57. The molecule has 3 saturated heterocycles. The third kappa shape index (κ3) is 3.95. The minimum absolute atomic E-state index is 0.000480. The summed E-state index contributed by atoms with van der Waals surface area (Å²) >= 11 is 0. The van der Waals surface area contributed by atoms with Crippen LogP contribution in [0.3, 0.4) is 0 Å². The molecule has 5 aliphatic rings. The van der Waals surface area contributed by atoms with E-state index in [2.05, 4.69) is 16.7 Å². The van der Waals surface area contributed by atoms with Crippen LogP contribution in [-0.4, -0.2) is 71.9 Å². The summed E-state index contributed by atoms with van der Waals surface area (Å²) in [4.78, 5) is 17.8. The van der Waals surface area contributed by atoms with Crippen molar-refractivity contribution < 1.29 is 19.4 Å². The fourth-order valence-corrected chi connectivity index (χ4v) is 8.57. The molecule has 5 fully saturated rings. The molecule has 2 aromatic rings. The molecule has 3 heterocycles. The first kappa shape index (κ1) is 24.8. The zero-order chi connectivity index (χ0) is 26.0. The lowest BCUT2D eigenvalue weighted by atomic mass is 9.53. The maximum absolute atomic E-state index is 13.2. The number of carbonyl (C=O) groups excluding carboxylic acids is 1. The smallest absolute Gasteiger partial charge is 0.310 e. The fraction of sp³-hybridized carbons (Fsp3) is 0.594. The van der Waals surface area contributed by atoms with Crippen LogP contribution in [-0.2, 0) is 20.0 Å². The normalized spacial score (nSPS) is 37.5. The van der Waals surface area contributed by atoms with Crippen molar-refractivity contribution in [2.24, 2.45) is 23.2 Å². The minimum atomic E-state index is -1.18. The number of esters is 1. The Kier molecular flexibility index (Phi) is 5.97. The van der Waals surface area contributed by atoms with Gasteiger partial charge in [-0.15, -0.1) is 0 Å². The van der Waals surface area contributed by atoms with E-state index >= 15 is 0 Å². The molecule has 6 atom stereocenters. The van der Waals surface area contributed by atoms with Gasteiger partial charge in [-0.3, -0.25) is 14.6 Å². The van der Waals surface area contributed by atoms with E-state index in [1.54, 1.807) is 0 Å². The van der Waals surface area contributed by atoms with Crippen molar-refractivity contribution in [3.63, 3.8) is 0 Å². The van der Waals surface area contributed by atoms with Crippen molar-refractivity contribution in [3.8, 4) is 0 Å². The number of epoxide rings is 1. The molecule has 0 aromatic heterocycles. The van der Waals surface area contributed by atoms with E-state index < -0.39 is 5.72 Å². The van der Waals surface area contributed by atoms with Crippen LogP contribution in [0.1, 0.15) is 50.2 Å². The van der Waals surface area contributed by atoms with Crippen molar-refractivity contribution in [1.82, 2.24) is 9.80 Å². The molecule has 6 heteroatoms. The predicted molar refractivity (Wildman–Crippen MR) is 144 cm³/mol. The van der Waals surface area contributed by atoms with Gasteiger partial charge in [-0.05, 0) is 43.4 Å². The van der Waals surface area contributed by atoms with E-state index in [4.69, 9.17) is 9.47 Å². The monoisotopic (exact) mass is 516 g/mol. The SMILES string of the molecule is C[C@]12CCC[C@]3(CO3)[C@H]1C[C@H]1[C@H](CN3CCN(C(O)(c4ccccc4)c4ccccc4)CC3)C(=O)O[C@@H]1C2. The number of piperazine rings is 1. The van der Waals surface area contributed by atoms with Crippen LogP contribution in [0.2, 0.25) is 0 Å². The Morgan fingerprint density at radius 1 is 0.974 bits per heavy atom. The van der Waals surface area contributed by atoms with Gasteiger partial charge in [0.25, 0.3) is 0 Å². The van der Waals surface area contributed by atoms with E-state index in [0.717, 1.165) is 63.3 Å². The van der Waals surface area contributed by atoms with Crippen molar-refractivity contribution in [2.45, 2.75) is 56.5 Å². The molecule has 1 N–H and O–H groups in total. The minimum Gasteiger partial charge on any atom is -0.462 e. The maximum atomic E-state index is 13.2. The first-order valence-electron chi connectivity index (χ1n) is 14.6. The first-order valence-corrected chi connectivity index (χ1v) is 14.6. The lowest BCUT2D eigenvalue weighted by molar-refractivity contribution is -0.147. The first-order chi connectivity index (χ1) is 18.4. The molecule has 3 aliphatic heterocycles. The van der Waals surface area contributed by atoms with Gasteiger partial charge >= 0.3 is 5.97 Å². The van der Waals surface area contributed by atoms with Crippen LogP contribution in [0.4, 0.5) is 0 Å². The quantitative estimate of drug-likeness (QED) is 0.478. The van der Waals surface area contributed by atoms with Crippen LogP contribution < -0.4 is 0 Å². The van der Waals surface area contributed by atoms with Gasteiger partial charge in [0.05, 0.1) is 18.1 Å². The standard InChI is InChI=1S/C32H40N2O4/c1-30-13-8-14-31(22-37-31)28(30)19-25-26(29(35)38-27(25)20-30)21-33-15-17-34(18-16-33)32(36,23-9-4-2-5-10-23)24-11-6-3-7-12-24/h2-7,9-12,25-28,36H,8,13-22H2,1H3/t25-,26-,27+,28-,30+,31-/m0/s1. The van der Waals surface area contributed by atoms with Gasteiger partial charge in [-0.1, -0.05) is 67.6 Å². The van der Waals surface area contributed by atoms with Gasteiger partial charge in [0.1, 0.15) is 6.10 Å². The number of rotatable bonds is 5. The third-order valence-electron chi connectivity index (χ3n) is 10.7. The molecular formula is C32H40N2O4. The highest BCUT2D eigenvalue weighted by Crippen LogP contribution is 2.62. The average molecular weight is 517 g/mol. The zero-order valence-corrected chi connectivity index (χ0v) is 22.4. The third-order valence-corrected chi connectivity index (χ3v) is 10.7. The van der Waals surface area contributed by atoms with E-state index in [1.165, 1.54) is 19.3 Å². The summed E-state index contributed by atoms with van der Waals surface area (Å²) in [6, 6.07) is 19.9. The zero-order valence-electron chi connectivity index (χ0n) is 22.4. The van der Waals surface area contributed by atoms with Gasteiger partial charge in [0, 0.05) is 49.8 Å². The van der Waals surface area contributed by atoms with Crippen molar-refractivity contribution in [1.29, 1.82) is 0 Å². The van der Waals surface area contributed by atoms with Crippen LogP contribution in [0.5, 0.6) is 0 Å². The highest BCUT2D eigenvalue weighted by molar-refractivity contribution is 5.75. The highest BCUT2D eigenvalue weighted by atomic mass is 16.6. The van der Waals surface area contributed by atoms with Gasteiger partial charge < -0.3 is 14.6 Å². The molecule has 2 saturated carbocycles. The Bertz CT molecular complexity index is 1120. The number of hydrogen-bond acceptors (Lipinski definition) is 6. The summed E-state index contributed by atoms with van der Waals surface area (Å²) in [7, 11) is 0. The topological polar surface area (TPSA) is 65.5 Å². The molecule has 1 spiro atoms. The summed E-state index contributed by atoms with van der Waals surface area (Å²) < 4.78 is 12.1. The van der Waals surface area contributed by atoms with Crippen molar-refractivity contribution in [3.05, 3.63) is 71.8 Å². The van der Waals surface area contributed by atoms with Crippen LogP contribution in [0.15, 0.2) is 60.7 Å². The molecule has 0 amide bonds. The molecule has 0 unspecified atom stereocenters. The van der Waals surface area contributed by atoms with E-state index in [-0.39, 0.29) is 29.0 Å². The second-order valence-corrected chi connectivity index (χ2v) is 12.8. The van der Waals surface area contributed by atoms with Gasteiger partial charge in [0.15, 0.2) is 5.72 Å². The van der Waals surface area contributed by atoms with E-state index in [0.29, 0.717) is 11.8 Å². The Morgan fingerprint density at radius 2 is 1.61 bits per heavy atom. The summed E-state index contributed by atoms with van der Waals surface area (Å²) in [5.74, 6) is 0.783. The highest BCUT2D eigenvalue weighted by Gasteiger charge is 2.65. The number of aliphatic hydroxyl groups is 1. The van der Waals surface area contributed by atoms with Gasteiger partial charge in [-0.25, -0.2) is 0 Å². The lowest BCUT2D eigenvalue weighted by Gasteiger charge is -2.51. The van der Waals surface area contributed by atoms with Gasteiger partial charge in [-0.2, -0.15) is 0 Å². The van der Waals surface area contributed by atoms with Crippen molar-refractivity contribution in [2.75, 3.05) is 39.3 Å². The molecular weight excluding hydrogens is 476 g/mol. The predicted octanol–water partition coefficient (Wildman–Crippen LogP) is 4.02.